The van der Waals surface area contributed by atoms with E-state index in [1.165, 1.54) is 4.88 Å². The summed E-state index contributed by atoms with van der Waals surface area (Å²) in [4.78, 5) is 1.39. The van der Waals surface area contributed by atoms with Gasteiger partial charge in [-0.1, -0.05) is 18.5 Å². The van der Waals surface area contributed by atoms with Gasteiger partial charge in [0, 0.05) is 10.1 Å². The Morgan fingerprint density at radius 1 is 1.64 bits per heavy atom. The largest absolute Gasteiger partial charge is 0.162 e. The van der Waals surface area contributed by atoms with Crippen molar-refractivity contribution in [2.45, 2.75) is 18.6 Å². The average Bonchev–Trinajstić information content (AvgIpc) is 2.35. The molecule has 0 spiro atoms. The summed E-state index contributed by atoms with van der Waals surface area (Å²) in [6.45, 7) is 2.23. The molecule has 0 saturated heterocycles. The van der Waals surface area contributed by atoms with Crippen molar-refractivity contribution in [1.29, 1.82) is 0 Å². The Balaban J connectivity index is 2.50. The molecule has 0 amide bonds. The highest BCUT2D eigenvalue weighted by molar-refractivity contribution is 7.99. The minimum absolute atomic E-state index is 0.699. The lowest BCUT2D eigenvalue weighted by atomic mass is 10.3. The van der Waals surface area contributed by atoms with Crippen molar-refractivity contribution < 1.29 is 0 Å². The van der Waals surface area contributed by atoms with Crippen molar-refractivity contribution in [3.63, 3.8) is 0 Å². The minimum Gasteiger partial charge on any atom is -0.162 e. The molecular formula is C8H11ClS2. The van der Waals surface area contributed by atoms with E-state index in [0.717, 1.165) is 10.8 Å². The summed E-state index contributed by atoms with van der Waals surface area (Å²) >= 11 is 9.37. The maximum atomic E-state index is 5.80. The van der Waals surface area contributed by atoms with Crippen molar-refractivity contribution in [2.24, 2.45) is 0 Å². The molecule has 0 N–H and O–H groups in total. The molecule has 0 aliphatic heterocycles. The Morgan fingerprint density at radius 3 is 2.82 bits per heavy atom. The van der Waals surface area contributed by atoms with E-state index in [4.69, 9.17) is 11.6 Å². The number of rotatable bonds is 3. The van der Waals surface area contributed by atoms with Crippen LogP contribution in [0.4, 0.5) is 0 Å². The van der Waals surface area contributed by atoms with E-state index >= 15 is 0 Å². The van der Waals surface area contributed by atoms with Gasteiger partial charge in [0.2, 0.25) is 0 Å². The van der Waals surface area contributed by atoms with Crippen LogP contribution in [0, 0.1) is 0 Å². The van der Waals surface area contributed by atoms with Gasteiger partial charge in [-0.15, -0.1) is 11.3 Å². The SMILES string of the molecule is CSC(C)Cc1ccc(Cl)s1. The number of hydrogen-bond donors (Lipinski definition) is 0. The van der Waals surface area contributed by atoms with Crippen LogP contribution >= 0.6 is 34.7 Å². The van der Waals surface area contributed by atoms with Gasteiger partial charge >= 0.3 is 0 Å². The summed E-state index contributed by atoms with van der Waals surface area (Å²) in [5.41, 5.74) is 0. The minimum atomic E-state index is 0.699. The lowest BCUT2D eigenvalue weighted by molar-refractivity contribution is 0.965. The molecule has 11 heavy (non-hydrogen) atoms. The Hall–Kier alpha value is 0.340. The number of hydrogen-bond acceptors (Lipinski definition) is 2. The summed E-state index contributed by atoms with van der Waals surface area (Å²) in [6.07, 6.45) is 3.28. The first-order valence-corrected chi connectivity index (χ1v) is 5.97. The quantitative estimate of drug-likeness (QED) is 0.727. The van der Waals surface area contributed by atoms with Crippen LogP contribution in [0.2, 0.25) is 4.34 Å². The molecule has 0 aliphatic rings. The van der Waals surface area contributed by atoms with Crippen LogP contribution in [-0.4, -0.2) is 11.5 Å². The van der Waals surface area contributed by atoms with Crippen LogP contribution in [0.15, 0.2) is 12.1 Å². The third-order valence-corrected chi connectivity index (χ3v) is 3.74. The van der Waals surface area contributed by atoms with Crippen LogP contribution in [0.1, 0.15) is 11.8 Å². The van der Waals surface area contributed by atoms with Crippen molar-refractivity contribution >= 4 is 34.7 Å². The molecule has 0 radical (unpaired) electrons. The molecule has 1 heterocycles. The fourth-order valence-electron chi connectivity index (χ4n) is 0.828. The molecule has 0 bridgehead atoms. The number of thiophene rings is 1. The van der Waals surface area contributed by atoms with Gasteiger partial charge in [0.15, 0.2) is 0 Å². The highest BCUT2D eigenvalue weighted by atomic mass is 35.5. The zero-order valence-corrected chi connectivity index (χ0v) is 9.02. The van der Waals surface area contributed by atoms with E-state index in [9.17, 15) is 0 Å². The predicted molar refractivity (Wildman–Crippen MR) is 56.0 cm³/mol. The fraction of sp³-hybridized carbons (Fsp3) is 0.500. The van der Waals surface area contributed by atoms with Gasteiger partial charge in [0.1, 0.15) is 0 Å². The van der Waals surface area contributed by atoms with Crippen molar-refractivity contribution in [2.75, 3.05) is 6.26 Å². The van der Waals surface area contributed by atoms with E-state index in [1.54, 1.807) is 11.3 Å². The van der Waals surface area contributed by atoms with Gasteiger partial charge in [-0.25, -0.2) is 0 Å². The van der Waals surface area contributed by atoms with Gasteiger partial charge in [-0.3, -0.25) is 0 Å². The van der Waals surface area contributed by atoms with E-state index in [-0.39, 0.29) is 0 Å². The van der Waals surface area contributed by atoms with Gasteiger partial charge in [0.05, 0.1) is 4.34 Å². The first-order valence-electron chi connectivity index (χ1n) is 3.49. The average molecular weight is 207 g/mol. The van der Waals surface area contributed by atoms with Gasteiger partial charge in [-0.05, 0) is 24.8 Å². The van der Waals surface area contributed by atoms with Gasteiger partial charge in [-0.2, -0.15) is 11.8 Å². The summed E-state index contributed by atoms with van der Waals surface area (Å²) in [5.74, 6) is 0. The first kappa shape index (κ1) is 9.43. The second kappa shape index (κ2) is 4.39. The van der Waals surface area contributed by atoms with E-state index in [0.29, 0.717) is 5.25 Å². The molecule has 1 rings (SSSR count). The monoisotopic (exact) mass is 206 g/mol. The lowest BCUT2D eigenvalue weighted by Crippen LogP contribution is -1.97. The second-order valence-electron chi connectivity index (χ2n) is 2.46. The summed E-state index contributed by atoms with van der Waals surface area (Å²) in [5, 5.41) is 0.699. The van der Waals surface area contributed by atoms with Gasteiger partial charge in [0.25, 0.3) is 0 Å². The molecule has 0 aromatic carbocycles. The Morgan fingerprint density at radius 2 is 2.36 bits per heavy atom. The summed E-state index contributed by atoms with van der Waals surface area (Å²) in [6, 6.07) is 4.08. The van der Waals surface area contributed by atoms with Crippen molar-refractivity contribution in [3.8, 4) is 0 Å². The predicted octanol–water partition coefficient (Wildman–Crippen LogP) is 3.70. The first-order chi connectivity index (χ1) is 5.22. The molecule has 3 heteroatoms. The Bertz CT molecular complexity index is 220. The molecule has 1 unspecified atom stereocenters. The Kier molecular flexibility index (Phi) is 3.76. The van der Waals surface area contributed by atoms with Crippen LogP contribution in [0.3, 0.4) is 0 Å². The third kappa shape index (κ3) is 3.06. The van der Waals surface area contributed by atoms with Crippen LogP contribution in [0.25, 0.3) is 0 Å². The molecule has 0 aliphatic carbocycles. The molecule has 1 aromatic heterocycles. The molecule has 1 atom stereocenters. The zero-order chi connectivity index (χ0) is 8.27. The highest BCUT2D eigenvalue weighted by Crippen LogP contribution is 2.24. The summed E-state index contributed by atoms with van der Waals surface area (Å²) in [7, 11) is 0. The molecular weight excluding hydrogens is 196 g/mol. The van der Waals surface area contributed by atoms with Crippen LogP contribution in [-0.2, 0) is 6.42 Å². The topological polar surface area (TPSA) is 0 Å². The van der Waals surface area contributed by atoms with E-state index < -0.39 is 0 Å². The third-order valence-electron chi connectivity index (χ3n) is 1.52. The fourth-order valence-corrected chi connectivity index (χ4v) is 2.50. The second-order valence-corrected chi connectivity index (χ2v) is 5.53. The zero-order valence-electron chi connectivity index (χ0n) is 6.63. The molecule has 0 saturated carbocycles. The van der Waals surface area contributed by atoms with Gasteiger partial charge < -0.3 is 0 Å². The van der Waals surface area contributed by atoms with Crippen LogP contribution in [0.5, 0.6) is 0 Å². The van der Waals surface area contributed by atoms with Crippen molar-refractivity contribution in [1.82, 2.24) is 0 Å². The highest BCUT2D eigenvalue weighted by Gasteiger charge is 2.03. The maximum absolute atomic E-state index is 5.80. The smallest absolute Gasteiger partial charge is 0.0931 e. The molecule has 0 nitrogen and oxygen atoms in total. The van der Waals surface area contributed by atoms with Crippen molar-refractivity contribution in [3.05, 3.63) is 21.3 Å². The number of halogens is 1. The summed E-state index contributed by atoms with van der Waals surface area (Å²) < 4.78 is 0.897. The molecule has 0 fully saturated rings. The van der Waals surface area contributed by atoms with E-state index in [1.807, 2.05) is 17.8 Å². The Labute approximate surface area is 81.0 Å². The normalized spacial score (nSPS) is 13.4. The standard InChI is InChI=1S/C8H11ClS2/c1-6(10-2)5-7-3-4-8(9)11-7/h3-4,6H,5H2,1-2H3. The van der Waals surface area contributed by atoms with E-state index in [2.05, 4.69) is 19.2 Å². The van der Waals surface area contributed by atoms with Crippen LogP contribution < -0.4 is 0 Å². The molecule has 1 aromatic rings. The lowest BCUT2D eigenvalue weighted by Gasteiger charge is -2.03. The maximum Gasteiger partial charge on any atom is 0.0931 e. The number of thioether (sulfide) groups is 1. The molecule has 62 valence electrons.